The number of piperidine rings is 1. The highest BCUT2D eigenvalue weighted by molar-refractivity contribution is 9.10. The van der Waals surface area contributed by atoms with Gasteiger partial charge in [-0.1, -0.05) is 0 Å². The fraction of sp³-hybridized carbons (Fsp3) is 0.385. The van der Waals surface area contributed by atoms with Gasteiger partial charge in [0.25, 0.3) is 5.91 Å². The molecule has 1 saturated heterocycles. The maximum atomic E-state index is 12.4. The van der Waals surface area contributed by atoms with Crippen LogP contribution in [0, 0.1) is 5.92 Å². The number of carbonyl (C=O) groups is 2. The molecule has 1 fully saturated rings. The predicted octanol–water partition coefficient (Wildman–Crippen LogP) is 2.12. The largest absolute Gasteiger partial charge is 0.336 e. The van der Waals surface area contributed by atoms with Gasteiger partial charge in [-0.3, -0.25) is 14.7 Å². The number of nitrogens with zero attached hydrogens (tertiary/aromatic N) is 3. The van der Waals surface area contributed by atoms with Crippen LogP contribution < -0.4 is 5.32 Å². The van der Waals surface area contributed by atoms with E-state index in [4.69, 9.17) is 0 Å². The third-order valence-electron chi connectivity index (χ3n) is 3.55. The van der Waals surface area contributed by atoms with Gasteiger partial charge in [0.1, 0.15) is 5.69 Å². The van der Waals surface area contributed by atoms with Crippen LogP contribution in [0.2, 0.25) is 0 Å². The SMILES string of the molecule is O=C(Nc1nccs1)[C@@H]1CCCN(C(=O)c2[nH]ncc2Br)C1. The number of carbonyl (C=O) groups excluding carboxylic acids is 2. The van der Waals surface area contributed by atoms with Crippen LogP contribution in [0.4, 0.5) is 5.13 Å². The molecule has 1 aliphatic heterocycles. The van der Waals surface area contributed by atoms with E-state index >= 15 is 0 Å². The fourth-order valence-corrected chi connectivity index (χ4v) is 3.34. The van der Waals surface area contributed by atoms with Crippen molar-refractivity contribution >= 4 is 44.2 Å². The van der Waals surface area contributed by atoms with E-state index in [1.54, 1.807) is 17.3 Å². The lowest BCUT2D eigenvalue weighted by Gasteiger charge is -2.31. The van der Waals surface area contributed by atoms with Gasteiger partial charge in [0.15, 0.2) is 5.13 Å². The summed E-state index contributed by atoms with van der Waals surface area (Å²) in [5, 5.41) is 11.7. The number of hydrogen-bond donors (Lipinski definition) is 2. The second-order valence-corrected chi connectivity index (χ2v) is 6.76. The molecule has 0 saturated carbocycles. The molecule has 0 unspecified atom stereocenters. The molecule has 22 heavy (non-hydrogen) atoms. The number of anilines is 1. The Morgan fingerprint density at radius 3 is 3.05 bits per heavy atom. The summed E-state index contributed by atoms with van der Waals surface area (Å²) in [5.74, 6) is -0.449. The number of amides is 2. The smallest absolute Gasteiger partial charge is 0.273 e. The quantitative estimate of drug-likeness (QED) is 0.848. The number of aromatic nitrogens is 3. The van der Waals surface area contributed by atoms with E-state index in [-0.39, 0.29) is 17.7 Å². The van der Waals surface area contributed by atoms with Crippen LogP contribution in [0.1, 0.15) is 23.3 Å². The van der Waals surface area contributed by atoms with E-state index in [0.29, 0.717) is 28.4 Å². The van der Waals surface area contributed by atoms with Gasteiger partial charge < -0.3 is 10.2 Å². The van der Waals surface area contributed by atoms with Crippen molar-refractivity contribution in [2.24, 2.45) is 5.92 Å². The average molecular weight is 384 g/mol. The lowest BCUT2D eigenvalue weighted by atomic mass is 9.97. The molecular formula is C13H14BrN5O2S. The van der Waals surface area contributed by atoms with Crippen molar-refractivity contribution in [3.8, 4) is 0 Å². The Hall–Kier alpha value is -1.74. The lowest BCUT2D eigenvalue weighted by Crippen LogP contribution is -2.44. The first-order chi connectivity index (χ1) is 10.6. The molecule has 0 aromatic carbocycles. The minimum atomic E-state index is -0.219. The number of rotatable bonds is 3. The van der Waals surface area contributed by atoms with Crippen LogP contribution in [0.15, 0.2) is 22.2 Å². The fourth-order valence-electron chi connectivity index (χ4n) is 2.45. The van der Waals surface area contributed by atoms with Crippen LogP contribution >= 0.6 is 27.3 Å². The molecule has 2 aromatic heterocycles. The van der Waals surface area contributed by atoms with Crippen LogP contribution in [0.5, 0.6) is 0 Å². The van der Waals surface area contributed by atoms with Crippen LogP contribution in [0.3, 0.4) is 0 Å². The Morgan fingerprint density at radius 1 is 1.50 bits per heavy atom. The van der Waals surface area contributed by atoms with Crippen molar-refractivity contribution in [1.82, 2.24) is 20.1 Å². The minimum Gasteiger partial charge on any atom is -0.336 e. The topological polar surface area (TPSA) is 91.0 Å². The molecule has 7 nitrogen and oxygen atoms in total. The Kier molecular flexibility index (Phi) is 4.53. The Labute approximate surface area is 139 Å². The summed E-state index contributed by atoms with van der Waals surface area (Å²) in [6.45, 7) is 1.05. The second-order valence-electron chi connectivity index (χ2n) is 5.01. The summed E-state index contributed by atoms with van der Waals surface area (Å²) in [4.78, 5) is 30.5. The van der Waals surface area contributed by atoms with E-state index in [1.807, 2.05) is 5.38 Å². The van der Waals surface area contributed by atoms with Gasteiger partial charge in [-0.2, -0.15) is 5.10 Å². The maximum Gasteiger partial charge on any atom is 0.273 e. The molecule has 3 rings (SSSR count). The first kappa shape index (κ1) is 15.2. The number of hydrogen-bond acceptors (Lipinski definition) is 5. The van der Waals surface area contributed by atoms with Crippen molar-refractivity contribution < 1.29 is 9.59 Å². The van der Waals surface area contributed by atoms with Gasteiger partial charge >= 0.3 is 0 Å². The summed E-state index contributed by atoms with van der Waals surface area (Å²) in [5.41, 5.74) is 0.418. The average Bonchev–Trinajstić information content (AvgIpc) is 3.18. The molecule has 2 N–H and O–H groups in total. The van der Waals surface area contributed by atoms with Crippen LogP contribution in [0.25, 0.3) is 0 Å². The maximum absolute atomic E-state index is 12.4. The minimum absolute atomic E-state index is 0.0869. The molecule has 116 valence electrons. The number of likely N-dealkylation sites (tertiary alicyclic amines) is 1. The third-order valence-corrected chi connectivity index (χ3v) is 4.84. The van der Waals surface area contributed by atoms with E-state index in [0.717, 1.165) is 12.8 Å². The van der Waals surface area contributed by atoms with Gasteiger partial charge in [0.2, 0.25) is 5.91 Å². The standard InChI is InChI=1S/C13H14BrN5O2S/c14-9-6-16-18-10(9)12(21)19-4-1-2-8(7-19)11(20)17-13-15-3-5-22-13/h3,5-6,8H,1-2,4,7H2,(H,16,18)(H,15,17,20)/t8-/m1/s1. The molecule has 3 heterocycles. The first-order valence-corrected chi connectivity index (χ1v) is 8.51. The zero-order valence-electron chi connectivity index (χ0n) is 11.6. The van der Waals surface area contributed by atoms with Crippen LogP contribution in [-0.4, -0.2) is 45.0 Å². The van der Waals surface area contributed by atoms with Gasteiger partial charge in [0.05, 0.1) is 16.6 Å². The zero-order valence-corrected chi connectivity index (χ0v) is 14.0. The van der Waals surface area contributed by atoms with Gasteiger partial charge in [-0.25, -0.2) is 4.98 Å². The summed E-state index contributed by atoms with van der Waals surface area (Å²) in [6, 6.07) is 0. The monoisotopic (exact) mass is 383 g/mol. The molecule has 1 atom stereocenters. The summed E-state index contributed by atoms with van der Waals surface area (Å²) < 4.78 is 0.631. The predicted molar refractivity (Wildman–Crippen MR) is 85.7 cm³/mol. The number of thiazole rings is 1. The highest BCUT2D eigenvalue weighted by atomic mass is 79.9. The molecule has 0 bridgehead atoms. The highest BCUT2D eigenvalue weighted by Crippen LogP contribution is 2.22. The Morgan fingerprint density at radius 2 is 2.36 bits per heavy atom. The molecule has 0 aliphatic carbocycles. The third kappa shape index (κ3) is 3.20. The van der Waals surface area contributed by atoms with Crippen LogP contribution in [-0.2, 0) is 4.79 Å². The molecular weight excluding hydrogens is 370 g/mol. The van der Waals surface area contributed by atoms with E-state index in [1.165, 1.54) is 11.3 Å². The van der Waals surface area contributed by atoms with Crippen molar-refractivity contribution in [1.29, 1.82) is 0 Å². The molecule has 0 spiro atoms. The Bertz CT molecular complexity index is 672. The summed E-state index contributed by atoms with van der Waals surface area (Å²) in [6.07, 6.45) is 4.76. The van der Waals surface area contributed by atoms with Gasteiger partial charge in [-0.15, -0.1) is 11.3 Å². The van der Waals surface area contributed by atoms with Crippen molar-refractivity contribution in [3.05, 3.63) is 27.9 Å². The van der Waals surface area contributed by atoms with Crippen molar-refractivity contribution in [2.75, 3.05) is 18.4 Å². The number of H-pyrrole nitrogens is 1. The first-order valence-electron chi connectivity index (χ1n) is 6.83. The molecule has 2 aromatic rings. The van der Waals surface area contributed by atoms with E-state index in [2.05, 4.69) is 36.4 Å². The molecule has 2 amide bonds. The van der Waals surface area contributed by atoms with Gasteiger partial charge in [0, 0.05) is 24.7 Å². The second kappa shape index (κ2) is 6.57. The highest BCUT2D eigenvalue weighted by Gasteiger charge is 2.30. The normalized spacial score (nSPS) is 18.2. The molecule has 9 heteroatoms. The summed E-state index contributed by atoms with van der Waals surface area (Å²) >= 11 is 4.67. The zero-order chi connectivity index (χ0) is 15.5. The molecule has 0 radical (unpaired) electrons. The van der Waals surface area contributed by atoms with E-state index < -0.39 is 0 Å². The van der Waals surface area contributed by atoms with E-state index in [9.17, 15) is 9.59 Å². The van der Waals surface area contributed by atoms with Crippen molar-refractivity contribution in [2.45, 2.75) is 12.8 Å². The number of halogens is 1. The number of nitrogens with one attached hydrogen (secondary N) is 2. The Balaban J connectivity index is 1.65. The summed E-state index contributed by atoms with van der Waals surface area (Å²) in [7, 11) is 0. The lowest BCUT2D eigenvalue weighted by molar-refractivity contribution is -0.121. The molecule has 1 aliphatic rings. The van der Waals surface area contributed by atoms with Crippen molar-refractivity contribution in [3.63, 3.8) is 0 Å². The van der Waals surface area contributed by atoms with Gasteiger partial charge in [-0.05, 0) is 28.8 Å². The number of aromatic amines is 1.